The highest BCUT2D eigenvalue weighted by atomic mass is 35.5. The molecular formula is C10H12ClN3O3S. The van der Waals surface area contributed by atoms with Gasteiger partial charge in [0.05, 0.1) is 6.54 Å². The monoisotopic (exact) mass is 289 g/mol. The lowest BCUT2D eigenvalue weighted by atomic mass is 10.5. The zero-order chi connectivity index (χ0) is 13.2. The molecule has 2 N–H and O–H groups in total. The molecule has 1 aliphatic rings. The second-order valence-electron chi connectivity index (χ2n) is 3.96. The number of amides is 1. The third kappa shape index (κ3) is 3.41. The van der Waals surface area contributed by atoms with Crippen molar-refractivity contribution in [3.63, 3.8) is 0 Å². The highest BCUT2D eigenvalue weighted by molar-refractivity contribution is 7.89. The molecule has 1 aromatic heterocycles. The molecule has 1 saturated carbocycles. The first-order chi connectivity index (χ1) is 8.49. The van der Waals surface area contributed by atoms with Crippen molar-refractivity contribution in [1.82, 2.24) is 15.0 Å². The van der Waals surface area contributed by atoms with Crippen LogP contribution in [0.3, 0.4) is 0 Å². The predicted octanol–water partition coefficient (Wildman–Crippen LogP) is 0.292. The second kappa shape index (κ2) is 5.21. The summed E-state index contributed by atoms with van der Waals surface area (Å²) in [6, 6.07) is 2.99. The average Bonchev–Trinajstić information content (AvgIpc) is 3.11. The zero-order valence-electron chi connectivity index (χ0n) is 9.39. The van der Waals surface area contributed by atoms with Crippen molar-refractivity contribution in [2.45, 2.75) is 23.8 Å². The molecule has 0 atom stereocenters. The van der Waals surface area contributed by atoms with Gasteiger partial charge in [-0.25, -0.2) is 18.1 Å². The van der Waals surface area contributed by atoms with Crippen molar-refractivity contribution in [2.24, 2.45) is 0 Å². The summed E-state index contributed by atoms with van der Waals surface area (Å²) in [6.07, 6.45) is 3.29. The lowest BCUT2D eigenvalue weighted by Crippen LogP contribution is -2.37. The van der Waals surface area contributed by atoms with E-state index in [1.807, 2.05) is 0 Å². The van der Waals surface area contributed by atoms with Crippen molar-refractivity contribution >= 4 is 27.5 Å². The molecule has 0 unspecified atom stereocenters. The van der Waals surface area contributed by atoms with Gasteiger partial charge >= 0.3 is 0 Å². The summed E-state index contributed by atoms with van der Waals surface area (Å²) in [5, 5.41) is 2.56. The molecule has 1 amide bonds. The molecule has 6 nitrogen and oxygen atoms in total. The van der Waals surface area contributed by atoms with Crippen LogP contribution in [0.1, 0.15) is 12.8 Å². The number of sulfonamides is 1. The Labute approximate surface area is 110 Å². The van der Waals surface area contributed by atoms with Gasteiger partial charge in [-0.1, -0.05) is 11.6 Å². The lowest BCUT2D eigenvalue weighted by molar-refractivity contribution is -0.120. The summed E-state index contributed by atoms with van der Waals surface area (Å²) in [5.74, 6) is -0.346. The van der Waals surface area contributed by atoms with E-state index in [1.165, 1.54) is 18.3 Å². The van der Waals surface area contributed by atoms with Crippen molar-refractivity contribution in [1.29, 1.82) is 0 Å². The maximum absolute atomic E-state index is 11.8. The summed E-state index contributed by atoms with van der Waals surface area (Å²) < 4.78 is 25.9. The minimum Gasteiger partial charge on any atom is -0.352 e. The molecule has 0 aromatic carbocycles. The number of halogens is 1. The molecule has 0 spiro atoms. The third-order valence-electron chi connectivity index (χ3n) is 2.38. The van der Waals surface area contributed by atoms with Gasteiger partial charge in [-0.05, 0) is 25.0 Å². The first-order valence-electron chi connectivity index (χ1n) is 5.38. The fraction of sp³-hybridized carbons (Fsp3) is 0.400. The fourth-order valence-electron chi connectivity index (χ4n) is 1.32. The van der Waals surface area contributed by atoms with Crippen LogP contribution in [-0.4, -0.2) is 31.9 Å². The van der Waals surface area contributed by atoms with E-state index < -0.39 is 10.0 Å². The number of nitrogens with zero attached hydrogens (tertiary/aromatic N) is 1. The summed E-state index contributed by atoms with van der Waals surface area (Å²) in [4.78, 5) is 14.9. The van der Waals surface area contributed by atoms with Gasteiger partial charge in [0.2, 0.25) is 15.9 Å². The molecule has 1 heterocycles. The third-order valence-corrected chi connectivity index (χ3v) is 4.23. The zero-order valence-corrected chi connectivity index (χ0v) is 11.0. The van der Waals surface area contributed by atoms with Gasteiger partial charge in [-0.15, -0.1) is 0 Å². The smallest absolute Gasteiger partial charge is 0.244 e. The molecule has 0 saturated heterocycles. The maximum Gasteiger partial charge on any atom is 0.244 e. The van der Waals surface area contributed by atoms with Crippen LogP contribution in [0, 0.1) is 0 Å². The van der Waals surface area contributed by atoms with Crippen molar-refractivity contribution in [3.05, 3.63) is 23.5 Å². The number of pyridine rings is 1. The van der Waals surface area contributed by atoms with Crippen LogP contribution in [0.5, 0.6) is 0 Å². The van der Waals surface area contributed by atoms with Crippen molar-refractivity contribution in [3.8, 4) is 0 Å². The summed E-state index contributed by atoms with van der Waals surface area (Å²) in [5.41, 5.74) is 0. The van der Waals surface area contributed by atoms with E-state index in [0.29, 0.717) is 0 Å². The Morgan fingerprint density at radius 2 is 2.22 bits per heavy atom. The molecule has 18 heavy (non-hydrogen) atoms. The van der Waals surface area contributed by atoms with Crippen LogP contribution >= 0.6 is 11.6 Å². The van der Waals surface area contributed by atoms with Crippen LogP contribution in [-0.2, 0) is 14.8 Å². The van der Waals surface area contributed by atoms with Gasteiger partial charge in [-0.2, -0.15) is 0 Å². The normalized spacial score (nSPS) is 15.4. The van der Waals surface area contributed by atoms with Gasteiger partial charge in [0.15, 0.2) is 0 Å². The van der Waals surface area contributed by atoms with Gasteiger partial charge in [0, 0.05) is 12.2 Å². The minimum atomic E-state index is -3.81. The molecule has 8 heteroatoms. The molecule has 1 aromatic rings. The summed E-state index contributed by atoms with van der Waals surface area (Å²) in [7, 11) is -3.81. The number of rotatable bonds is 5. The number of hydrogen-bond donors (Lipinski definition) is 2. The molecule has 98 valence electrons. The molecule has 0 aliphatic heterocycles. The lowest BCUT2D eigenvalue weighted by Gasteiger charge is -2.07. The molecule has 1 fully saturated rings. The van der Waals surface area contributed by atoms with E-state index in [-0.39, 0.29) is 28.5 Å². The Morgan fingerprint density at radius 3 is 2.83 bits per heavy atom. The van der Waals surface area contributed by atoms with E-state index >= 15 is 0 Å². The van der Waals surface area contributed by atoms with Crippen LogP contribution in [0.25, 0.3) is 0 Å². The van der Waals surface area contributed by atoms with E-state index in [4.69, 9.17) is 11.6 Å². The molecule has 1 aliphatic carbocycles. The Hall–Kier alpha value is -1.18. The molecule has 0 bridgehead atoms. The Kier molecular flexibility index (Phi) is 3.84. The van der Waals surface area contributed by atoms with Gasteiger partial charge in [0.25, 0.3) is 0 Å². The number of aromatic nitrogens is 1. The number of carbonyl (C=O) groups excluding carboxylic acids is 1. The Balaban J connectivity index is 1.98. The van der Waals surface area contributed by atoms with E-state index in [0.717, 1.165) is 12.8 Å². The second-order valence-corrected chi connectivity index (χ2v) is 6.05. The molecule has 2 rings (SSSR count). The number of nitrogens with one attached hydrogen (secondary N) is 2. The molecule has 0 radical (unpaired) electrons. The quantitative estimate of drug-likeness (QED) is 0.763. The van der Waals surface area contributed by atoms with Crippen LogP contribution in [0.2, 0.25) is 5.15 Å². The van der Waals surface area contributed by atoms with E-state index in [1.54, 1.807) is 0 Å². The Bertz CT molecular complexity index is 557. The van der Waals surface area contributed by atoms with Gasteiger partial charge in [0.1, 0.15) is 10.0 Å². The minimum absolute atomic E-state index is 0.118. The van der Waals surface area contributed by atoms with Gasteiger partial charge < -0.3 is 5.32 Å². The standard InChI is InChI=1S/C10H12ClN3O3S/c11-10-8(2-1-5-12-10)18(16,17)13-6-9(15)14-7-3-4-7/h1-2,5,7,13H,3-4,6H2,(H,14,15). The SMILES string of the molecule is O=C(CNS(=O)(=O)c1cccnc1Cl)NC1CC1. The van der Waals surface area contributed by atoms with Crippen molar-refractivity contribution < 1.29 is 13.2 Å². The largest absolute Gasteiger partial charge is 0.352 e. The van der Waals surface area contributed by atoms with Crippen LogP contribution < -0.4 is 10.0 Å². The molecular weight excluding hydrogens is 278 g/mol. The van der Waals surface area contributed by atoms with E-state index in [2.05, 4.69) is 15.0 Å². The van der Waals surface area contributed by atoms with Crippen molar-refractivity contribution in [2.75, 3.05) is 6.54 Å². The summed E-state index contributed by atoms with van der Waals surface area (Å²) in [6.45, 7) is -0.302. The predicted molar refractivity (Wildman–Crippen MR) is 65.6 cm³/mol. The highest BCUT2D eigenvalue weighted by Gasteiger charge is 2.24. The summed E-state index contributed by atoms with van der Waals surface area (Å²) >= 11 is 5.69. The van der Waals surface area contributed by atoms with Crippen LogP contribution in [0.15, 0.2) is 23.2 Å². The van der Waals surface area contributed by atoms with Gasteiger partial charge in [-0.3, -0.25) is 4.79 Å². The first-order valence-corrected chi connectivity index (χ1v) is 7.25. The fourth-order valence-corrected chi connectivity index (χ4v) is 2.75. The maximum atomic E-state index is 11.8. The Morgan fingerprint density at radius 1 is 1.50 bits per heavy atom. The first kappa shape index (κ1) is 13.3. The van der Waals surface area contributed by atoms with Crippen LogP contribution in [0.4, 0.5) is 0 Å². The highest BCUT2D eigenvalue weighted by Crippen LogP contribution is 2.19. The van der Waals surface area contributed by atoms with E-state index in [9.17, 15) is 13.2 Å². The average molecular weight is 290 g/mol. The number of hydrogen-bond acceptors (Lipinski definition) is 4. The number of carbonyl (C=O) groups is 1. The topological polar surface area (TPSA) is 88.2 Å².